The fourth-order valence-corrected chi connectivity index (χ4v) is 5.11. The fraction of sp³-hybridized carbons (Fsp3) is 0.200. The van der Waals surface area contributed by atoms with Gasteiger partial charge < -0.3 is 10.5 Å². The number of ether oxygens (including phenoxy) is 1. The molecule has 0 amide bonds. The number of aromatic nitrogens is 1. The molecular formula is C20H20N2O4S2. The Morgan fingerprint density at radius 1 is 1.14 bits per heavy atom. The maximum atomic E-state index is 13.1. The molecular weight excluding hydrogens is 396 g/mol. The third kappa shape index (κ3) is 4.30. The molecule has 0 saturated heterocycles. The Morgan fingerprint density at radius 2 is 1.86 bits per heavy atom. The summed E-state index contributed by atoms with van der Waals surface area (Å²) < 4.78 is 31.6. The zero-order chi connectivity index (χ0) is 20.3. The number of hydrogen-bond acceptors (Lipinski definition) is 7. The van der Waals surface area contributed by atoms with Crippen LogP contribution in [0.1, 0.15) is 29.2 Å². The van der Waals surface area contributed by atoms with Crippen molar-refractivity contribution in [2.75, 3.05) is 0 Å². The molecule has 1 aromatic heterocycles. The zero-order valence-corrected chi connectivity index (χ0v) is 17.1. The first-order valence-corrected chi connectivity index (χ1v) is 10.9. The van der Waals surface area contributed by atoms with Gasteiger partial charge in [-0.15, -0.1) is 11.3 Å². The lowest BCUT2D eigenvalue weighted by molar-refractivity contribution is 0.0377. The molecule has 2 aromatic carbocycles. The van der Waals surface area contributed by atoms with E-state index in [0.29, 0.717) is 10.6 Å². The summed E-state index contributed by atoms with van der Waals surface area (Å²) in [7, 11) is -3.85. The van der Waals surface area contributed by atoms with Crippen LogP contribution in [-0.2, 0) is 21.1 Å². The Bertz CT molecular complexity index is 1090. The molecule has 0 aliphatic rings. The van der Waals surface area contributed by atoms with Gasteiger partial charge in [0.2, 0.25) is 9.84 Å². The first-order chi connectivity index (χ1) is 13.3. The predicted octanol–water partition coefficient (Wildman–Crippen LogP) is 3.67. The zero-order valence-electron chi connectivity index (χ0n) is 15.5. The maximum absolute atomic E-state index is 13.1. The van der Waals surface area contributed by atoms with Crippen LogP contribution in [-0.4, -0.2) is 25.5 Å². The van der Waals surface area contributed by atoms with Gasteiger partial charge in [0.25, 0.3) is 0 Å². The van der Waals surface area contributed by atoms with E-state index in [0.717, 1.165) is 16.9 Å². The van der Waals surface area contributed by atoms with Gasteiger partial charge >= 0.3 is 5.97 Å². The molecule has 0 atom stereocenters. The van der Waals surface area contributed by atoms with E-state index >= 15 is 0 Å². The van der Waals surface area contributed by atoms with Crippen LogP contribution in [0.15, 0.2) is 63.8 Å². The third-order valence-corrected chi connectivity index (χ3v) is 7.09. The van der Waals surface area contributed by atoms with Gasteiger partial charge in [0.15, 0.2) is 0 Å². The highest BCUT2D eigenvalue weighted by atomic mass is 32.2. The van der Waals surface area contributed by atoms with Gasteiger partial charge in [-0.1, -0.05) is 30.3 Å². The molecule has 6 nitrogen and oxygen atoms in total. The van der Waals surface area contributed by atoms with Crippen LogP contribution in [0, 0.1) is 0 Å². The Kier molecular flexibility index (Phi) is 5.93. The largest absolute Gasteiger partial charge is 0.459 e. The number of esters is 1. The number of benzene rings is 2. The van der Waals surface area contributed by atoms with E-state index in [-0.39, 0.29) is 27.3 Å². The lowest BCUT2D eigenvalue weighted by atomic mass is 10.0. The van der Waals surface area contributed by atoms with Gasteiger partial charge in [0, 0.05) is 6.54 Å². The Labute approximate surface area is 167 Å². The minimum Gasteiger partial charge on any atom is -0.459 e. The number of carbonyl (C=O) groups is 1. The second kappa shape index (κ2) is 8.22. The molecule has 0 aliphatic heterocycles. The average Bonchev–Trinajstić information content (AvgIpc) is 3.18. The normalized spacial score (nSPS) is 11.6. The number of nitrogens with two attached hydrogens (primary N) is 1. The average molecular weight is 417 g/mol. The van der Waals surface area contributed by atoms with Crippen LogP contribution >= 0.6 is 11.3 Å². The molecule has 0 aliphatic carbocycles. The van der Waals surface area contributed by atoms with Crippen LogP contribution in [0.25, 0.3) is 11.1 Å². The van der Waals surface area contributed by atoms with Crippen molar-refractivity contribution in [1.82, 2.24) is 4.98 Å². The summed E-state index contributed by atoms with van der Waals surface area (Å²) in [6.07, 6.45) is 0.977. The quantitative estimate of drug-likeness (QED) is 0.616. The molecule has 146 valence electrons. The third-order valence-electron chi connectivity index (χ3n) is 3.87. The van der Waals surface area contributed by atoms with Crippen molar-refractivity contribution in [2.24, 2.45) is 5.73 Å². The van der Waals surface area contributed by atoms with Crippen LogP contribution in [0.2, 0.25) is 0 Å². The highest BCUT2D eigenvalue weighted by Crippen LogP contribution is 2.31. The van der Waals surface area contributed by atoms with E-state index in [1.807, 2.05) is 30.3 Å². The van der Waals surface area contributed by atoms with Gasteiger partial charge in [-0.05, 0) is 43.2 Å². The second-order valence-corrected chi connectivity index (χ2v) is 9.64. The smallest absolute Gasteiger partial charge is 0.338 e. The van der Waals surface area contributed by atoms with E-state index in [1.165, 1.54) is 12.3 Å². The fourth-order valence-electron chi connectivity index (χ4n) is 2.58. The molecule has 0 fully saturated rings. The topological polar surface area (TPSA) is 99.4 Å². The summed E-state index contributed by atoms with van der Waals surface area (Å²) >= 11 is 1.02. The monoisotopic (exact) mass is 416 g/mol. The number of thiazole rings is 1. The summed E-state index contributed by atoms with van der Waals surface area (Å²) in [5, 5.41) is 0.525. The molecule has 0 radical (unpaired) electrons. The first kappa shape index (κ1) is 20.2. The van der Waals surface area contributed by atoms with Gasteiger partial charge in [0.1, 0.15) is 9.22 Å². The Morgan fingerprint density at radius 3 is 2.46 bits per heavy atom. The van der Waals surface area contributed by atoms with Crippen molar-refractivity contribution in [3.8, 4) is 11.1 Å². The molecule has 8 heteroatoms. The highest BCUT2D eigenvalue weighted by Gasteiger charge is 2.24. The van der Waals surface area contributed by atoms with Crippen molar-refractivity contribution in [2.45, 2.75) is 35.6 Å². The Balaban J connectivity index is 2.15. The van der Waals surface area contributed by atoms with E-state index in [9.17, 15) is 13.2 Å². The van der Waals surface area contributed by atoms with E-state index in [4.69, 9.17) is 10.5 Å². The lowest BCUT2D eigenvalue weighted by Gasteiger charge is -2.12. The number of hydrogen-bond donors (Lipinski definition) is 1. The number of rotatable bonds is 6. The summed E-state index contributed by atoms with van der Waals surface area (Å²) in [4.78, 5) is 16.5. The molecule has 0 saturated carbocycles. The van der Waals surface area contributed by atoms with Crippen LogP contribution in [0.3, 0.4) is 0 Å². The van der Waals surface area contributed by atoms with Crippen LogP contribution in [0.5, 0.6) is 0 Å². The predicted molar refractivity (Wildman–Crippen MR) is 108 cm³/mol. The van der Waals surface area contributed by atoms with Crippen molar-refractivity contribution in [1.29, 1.82) is 0 Å². The minimum atomic E-state index is -3.85. The van der Waals surface area contributed by atoms with E-state index < -0.39 is 15.8 Å². The van der Waals surface area contributed by atoms with E-state index in [1.54, 1.807) is 26.0 Å². The van der Waals surface area contributed by atoms with Crippen molar-refractivity contribution in [3.63, 3.8) is 0 Å². The second-order valence-electron chi connectivity index (χ2n) is 6.35. The van der Waals surface area contributed by atoms with Crippen molar-refractivity contribution in [3.05, 3.63) is 65.3 Å². The van der Waals surface area contributed by atoms with Gasteiger partial charge in [-0.3, -0.25) is 0 Å². The van der Waals surface area contributed by atoms with Crippen LogP contribution in [0.4, 0.5) is 0 Å². The van der Waals surface area contributed by atoms with Crippen molar-refractivity contribution < 1.29 is 17.9 Å². The summed E-state index contributed by atoms with van der Waals surface area (Å²) in [5.74, 6) is -0.573. The number of sulfone groups is 1. The van der Waals surface area contributed by atoms with Gasteiger partial charge in [-0.2, -0.15) is 0 Å². The molecule has 28 heavy (non-hydrogen) atoms. The number of nitrogens with zero attached hydrogens (tertiary/aromatic N) is 1. The van der Waals surface area contributed by atoms with E-state index in [2.05, 4.69) is 4.98 Å². The standard InChI is InChI=1S/C20H20N2O4S2/c1-13(2)26-20(23)16-8-15(14-6-4-3-5-7-14)9-17(10-16)28(24,25)19-12-22-18(11-21)27-19/h3-10,12-13H,11,21H2,1-2H3. The SMILES string of the molecule is CC(C)OC(=O)c1cc(-c2ccccc2)cc(S(=O)(=O)c2cnc(CN)s2)c1. The molecule has 2 N–H and O–H groups in total. The van der Waals surface area contributed by atoms with Crippen LogP contribution < -0.4 is 5.73 Å². The minimum absolute atomic E-state index is 0.0109. The van der Waals surface area contributed by atoms with Gasteiger partial charge in [-0.25, -0.2) is 18.2 Å². The summed E-state index contributed by atoms with van der Waals surface area (Å²) in [6, 6.07) is 13.8. The first-order valence-electron chi connectivity index (χ1n) is 8.62. The van der Waals surface area contributed by atoms with Crippen molar-refractivity contribution >= 4 is 27.1 Å². The lowest BCUT2D eigenvalue weighted by Crippen LogP contribution is -2.12. The molecule has 0 spiro atoms. The molecule has 3 rings (SSSR count). The molecule has 1 heterocycles. The molecule has 0 unspecified atom stereocenters. The maximum Gasteiger partial charge on any atom is 0.338 e. The summed E-state index contributed by atoms with van der Waals surface area (Å²) in [6.45, 7) is 3.64. The molecule has 0 bridgehead atoms. The summed E-state index contributed by atoms with van der Waals surface area (Å²) in [5.41, 5.74) is 7.13. The Hall–Kier alpha value is -2.55. The number of carbonyl (C=O) groups excluding carboxylic acids is 1. The van der Waals surface area contributed by atoms with Gasteiger partial charge in [0.05, 0.1) is 22.8 Å². The molecule has 3 aromatic rings. The highest BCUT2D eigenvalue weighted by molar-refractivity contribution is 7.93.